The van der Waals surface area contributed by atoms with Crippen LogP contribution in [0.4, 0.5) is 11.5 Å². The fourth-order valence-corrected chi connectivity index (χ4v) is 2.05. The number of aromatic nitrogens is 1. The molecule has 110 valence electrons. The Bertz CT molecular complexity index is 610. The first-order valence-electron chi connectivity index (χ1n) is 7.34. The van der Waals surface area contributed by atoms with Crippen molar-refractivity contribution in [1.29, 1.82) is 0 Å². The average Bonchev–Trinajstić information content (AvgIpc) is 2.53. The Morgan fingerprint density at radius 1 is 1.10 bits per heavy atom. The molecule has 1 aromatic carbocycles. The molecule has 0 saturated heterocycles. The molecule has 0 aliphatic carbocycles. The molecule has 1 amide bonds. The van der Waals surface area contributed by atoms with Gasteiger partial charge in [-0.3, -0.25) is 4.79 Å². The van der Waals surface area contributed by atoms with E-state index in [1.165, 1.54) is 0 Å². The fourth-order valence-electron chi connectivity index (χ4n) is 2.05. The van der Waals surface area contributed by atoms with Gasteiger partial charge in [0.05, 0.1) is 0 Å². The van der Waals surface area contributed by atoms with Gasteiger partial charge in [-0.1, -0.05) is 38.1 Å². The van der Waals surface area contributed by atoms with E-state index in [0.717, 1.165) is 36.5 Å². The number of rotatable bonds is 6. The van der Waals surface area contributed by atoms with E-state index < -0.39 is 0 Å². The molecule has 0 atom stereocenters. The van der Waals surface area contributed by atoms with Crippen LogP contribution in [-0.4, -0.2) is 17.4 Å². The van der Waals surface area contributed by atoms with Crippen LogP contribution in [0.1, 0.15) is 36.3 Å². The summed E-state index contributed by atoms with van der Waals surface area (Å²) in [6, 6.07) is 13.3. The maximum Gasteiger partial charge on any atom is 0.274 e. The van der Waals surface area contributed by atoms with Crippen LogP contribution in [0.15, 0.2) is 42.5 Å². The summed E-state index contributed by atoms with van der Waals surface area (Å²) in [6.45, 7) is 5.00. The van der Waals surface area contributed by atoms with Gasteiger partial charge in [0.25, 0.3) is 5.91 Å². The summed E-state index contributed by atoms with van der Waals surface area (Å²) < 4.78 is 0. The van der Waals surface area contributed by atoms with Gasteiger partial charge in [-0.25, -0.2) is 4.98 Å². The second kappa shape index (κ2) is 7.43. The van der Waals surface area contributed by atoms with Crippen LogP contribution in [0, 0.1) is 0 Å². The number of para-hydroxylation sites is 1. The van der Waals surface area contributed by atoms with Crippen LogP contribution in [0.2, 0.25) is 0 Å². The molecule has 0 radical (unpaired) electrons. The van der Waals surface area contributed by atoms with Gasteiger partial charge in [-0.05, 0) is 36.6 Å². The van der Waals surface area contributed by atoms with Gasteiger partial charge >= 0.3 is 0 Å². The second-order valence-corrected chi connectivity index (χ2v) is 4.80. The highest BCUT2D eigenvalue weighted by Gasteiger charge is 2.10. The molecule has 0 bridgehead atoms. The van der Waals surface area contributed by atoms with Gasteiger partial charge in [0.1, 0.15) is 11.5 Å². The molecule has 1 heterocycles. The van der Waals surface area contributed by atoms with Crippen LogP contribution in [0.3, 0.4) is 0 Å². The standard InChI is InChI=1S/C17H21N3O/c1-3-12-18-16-11-7-10-15(19-16)17(21)20-14-9-6-5-8-13(14)4-2/h5-11H,3-4,12H2,1-2H3,(H,18,19)(H,20,21). The van der Waals surface area contributed by atoms with E-state index in [1.807, 2.05) is 36.4 Å². The minimum Gasteiger partial charge on any atom is -0.370 e. The zero-order chi connectivity index (χ0) is 15.1. The van der Waals surface area contributed by atoms with Crippen molar-refractivity contribution < 1.29 is 4.79 Å². The Balaban J connectivity index is 2.13. The molecule has 4 heteroatoms. The quantitative estimate of drug-likeness (QED) is 0.849. The molecule has 0 spiro atoms. The van der Waals surface area contributed by atoms with E-state index in [2.05, 4.69) is 29.5 Å². The van der Waals surface area contributed by atoms with Crippen molar-refractivity contribution in [2.75, 3.05) is 17.2 Å². The molecule has 2 N–H and O–H groups in total. The van der Waals surface area contributed by atoms with Gasteiger partial charge < -0.3 is 10.6 Å². The van der Waals surface area contributed by atoms with Gasteiger partial charge in [-0.2, -0.15) is 0 Å². The first-order chi connectivity index (χ1) is 10.2. The lowest BCUT2D eigenvalue weighted by Crippen LogP contribution is -2.15. The number of anilines is 2. The van der Waals surface area contributed by atoms with Crippen molar-refractivity contribution in [3.05, 3.63) is 53.7 Å². The third kappa shape index (κ3) is 4.05. The molecule has 4 nitrogen and oxygen atoms in total. The average molecular weight is 283 g/mol. The minimum absolute atomic E-state index is 0.184. The van der Waals surface area contributed by atoms with E-state index in [4.69, 9.17) is 0 Å². The minimum atomic E-state index is -0.184. The van der Waals surface area contributed by atoms with Gasteiger partial charge in [0.2, 0.25) is 0 Å². The van der Waals surface area contributed by atoms with Crippen LogP contribution >= 0.6 is 0 Å². The number of carbonyl (C=O) groups excluding carboxylic acids is 1. The van der Waals surface area contributed by atoms with Crippen LogP contribution in [-0.2, 0) is 6.42 Å². The van der Waals surface area contributed by atoms with Crippen molar-refractivity contribution >= 4 is 17.4 Å². The third-order valence-corrected chi connectivity index (χ3v) is 3.18. The number of amides is 1. The Labute approximate surface area is 125 Å². The molecule has 0 saturated carbocycles. The van der Waals surface area contributed by atoms with Crippen molar-refractivity contribution in [3.63, 3.8) is 0 Å². The molecule has 0 aliphatic heterocycles. The number of pyridine rings is 1. The number of carbonyl (C=O) groups is 1. The largest absolute Gasteiger partial charge is 0.370 e. The van der Waals surface area contributed by atoms with Crippen LogP contribution in [0.25, 0.3) is 0 Å². The van der Waals surface area contributed by atoms with Crippen molar-refractivity contribution in [2.24, 2.45) is 0 Å². The Morgan fingerprint density at radius 2 is 1.90 bits per heavy atom. The molecule has 0 aliphatic rings. The zero-order valence-electron chi connectivity index (χ0n) is 12.5. The zero-order valence-corrected chi connectivity index (χ0v) is 12.5. The molecule has 0 fully saturated rings. The Kier molecular flexibility index (Phi) is 5.32. The molecule has 2 rings (SSSR count). The van der Waals surface area contributed by atoms with Crippen molar-refractivity contribution in [3.8, 4) is 0 Å². The Morgan fingerprint density at radius 3 is 2.67 bits per heavy atom. The summed E-state index contributed by atoms with van der Waals surface area (Å²) >= 11 is 0. The number of nitrogens with zero attached hydrogens (tertiary/aromatic N) is 1. The number of aryl methyl sites for hydroxylation is 1. The highest BCUT2D eigenvalue weighted by molar-refractivity contribution is 6.03. The predicted octanol–water partition coefficient (Wildman–Crippen LogP) is 3.72. The number of hydrogen-bond acceptors (Lipinski definition) is 3. The van der Waals surface area contributed by atoms with E-state index in [9.17, 15) is 4.79 Å². The highest BCUT2D eigenvalue weighted by Crippen LogP contribution is 2.16. The summed E-state index contributed by atoms with van der Waals surface area (Å²) in [4.78, 5) is 16.6. The first kappa shape index (κ1) is 15.0. The van der Waals surface area contributed by atoms with Gasteiger partial charge in [0.15, 0.2) is 0 Å². The maximum absolute atomic E-state index is 12.3. The maximum atomic E-state index is 12.3. The van der Waals surface area contributed by atoms with Crippen LogP contribution in [0.5, 0.6) is 0 Å². The fraction of sp³-hybridized carbons (Fsp3) is 0.294. The monoisotopic (exact) mass is 283 g/mol. The topological polar surface area (TPSA) is 54.0 Å². The molecule has 21 heavy (non-hydrogen) atoms. The Hall–Kier alpha value is -2.36. The van der Waals surface area contributed by atoms with E-state index in [0.29, 0.717) is 5.69 Å². The molecule has 1 aromatic heterocycles. The summed E-state index contributed by atoms with van der Waals surface area (Å²) in [5.41, 5.74) is 2.38. The molecular weight excluding hydrogens is 262 g/mol. The van der Waals surface area contributed by atoms with E-state index >= 15 is 0 Å². The summed E-state index contributed by atoms with van der Waals surface area (Å²) in [5.74, 6) is 0.546. The highest BCUT2D eigenvalue weighted by atomic mass is 16.1. The van der Waals surface area contributed by atoms with E-state index in [1.54, 1.807) is 6.07 Å². The number of nitrogens with one attached hydrogen (secondary N) is 2. The SMILES string of the molecule is CCCNc1cccc(C(=O)Nc2ccccc2CC)n1. The van der Waals surface area contributed by atoms with Crippen LogP contribution < -0.4 is 10.6 Å². The first-order valence-corrected chi connectivity index (χ1v) is 7.34. The normalized spacial score (nSPS) is 10.2. The summed E-state index contributed by atoms with van der Waals surface area (Å²) in [5, 5.41) is 6.12. The lowest BCUT2D eigenvalue weighted by Gasteiger charge is -2.10. The van der Waals surface area contributed by atoms with Crippen molar-refractivity contribution in [1.82, 2.24) is 4.98 Å². The second-order valence-electron chi connectivity index (χ2n) is 4.80. The molecule has 0 unspecified atom stereocenters. The number of benzene rings is 1. The summed E-state index contributed by atoms with van der Waals surface area (Å²) in [7, 11) is 0. The smallest absolute Gasteiger partial charge is 0.274 e. The number of hydrogen-bond donors (Lipinski definition) is 2. The molecular formula is C17H21N3O. The van der Waals surface area contributed by atoms with Crippen molar-refractivity contribution in [2.45, 2.75) is 26.7 Å². The lowest BCUT2D eigenvalue weighted by atomic mass is 10.1. The van der Waals surface area contributed by atoms with E-state index in [-0.39, 0.29) is 5.91 Å². The predicted molar refractivity (Wildman–Crippen MR) is 86.8 cm³/mol. The van der Waals surface area contributed by atoms with Gasteiger partial charge in [0, 0.05) is 12.2 Å². The molecule has 2 aromatic rings. The third-order valence-electron chi connectivity index (χ3n) is 3.18. The summed E-state index contributed by atoms with van der Waals surface area (Å²) in [6.07, 6.45) is 1.89. The lowest BCUT2D eigenvalue weighted by molar-refractivity contribution is 0.102. The van der Waals surface area contributed by atoms with Gasteiger partial charge in [-0.15, -0.1) is 0 Å².